The maximum atomic E-state index is 9.12. The lowest BCUT2D eigenvalue weighted by Crippen LogP contribution is -1.95. The van der Waals surface area contributed by atoms with Gasteiger partial charge in [-0.3, -0.25) is 4.98 Å². The number of aryl methyl sites for hydroxylation is 1. The quantitative estimate of drug-likeness (QED) is 0.800. The normalized spacial score (nSPS) is 10.7. The first-order valence-electron chi connectivity index (χ1n) is 6.09. The summed E-state index contributed by atoms with van der Waals surface area (Å²) in [4.78, 5) is 18.0. The van der Waals surface area contributed by atoms with Gasteiger partial charge in [-0.1, -0.05) is 0 Å². The summed E-state index contributed by atoms with van der Waals surface area (Å²) in [7, 11) is 0. The molecule has 0 unspecified atom stereocenters. The van der Waals surface area contributed by atoms with E-state index in [1.165, 1.54) is 0 Å². The van der Waals surface area contributed by atoms with Crippen molar-refractivity contribution in [1.29, 1.82) is 0 Å². The summed E-state index contributed by atoms with van der Waals surface area (Å²) in [6.07, 6.45) is 5.18. The second kappa shape index (κ2) is 5.44. The highest BCUT2D eigenvalue weighted by atomic mass is 32.1. The first-order valence-corrected chi connectivity index (χ1v) is 6.90. The molecule has 5 nitrogen and oxygen atoms in total. The van der Waals surface area contributed by atoms with E-state index in [1.54, 1.807) is 29.9 Å². The van der Waals surface area contributed by atoms with Crippen LogP contribution in [0.3, 0.4) is 0 Å². The van der Waals surface area contributed by atoms with E-state index in [-0.39, 0.29) is 6.61 Å². The van der Waals surface area contributed by atoms with Crippen LogP contribution in [0.5, 0.6) is 0 Å². The minimum atomic E-state index is -0.166. The van der Waals surface area contributed by atoms with Crippen LogP contribution in [0.2, 0.25) is 0 Å². The summed E-state index contributed by atoms with van der Waals surface area (Å²) >= 11 is 1.56. The fourth-order valence-corrected chi connectivity index (χ4v) is 2.87. The standard InChI is InChI=1S/C14H12N4OS/c1-9-13(11-4-6-16-12(8-19)18-11)20-14(17-9)10-3-2-5-15-7-10/h2-7,19H,8H2,1H3. The molecule has 0 aliphatic carbocycles. The van der Waals surface area contributed by atoms with Gasteiger partial charge in [0.25, 0.3) is 0 Å². The third-order valence-electron chi connectivity index (χ3n) is 2.78. The van der Waals surface area contributed by atoms with Gasteiger partial charge in [-0.05, 0) is 25.1 Å². The molecule has 3 heterocycles. The van der Waals surface area contributed by atoms with Crippen LogP contribution in [-0.4, -0.2) is 25.0 Å². The molecule has 0 aliphatic heterocycles. The van der Waals surface area contributed by atoms with Crippen molar-refractivity contribution >= 4 is 11.3 Å². The van der Waals surface area contributed by atoms with Gasteiger partial charge in [-0.25, -0.2) is 15.0 Å². The van der Waals surface area contributed by atoms with Gasteiger partial charge in [-0.15, -0.1) is 11.3 Å². The number of aromatic nitrogens is 4. The Bertz CT molecular complexity index is 727. The van der Waals surface area contributed by atoms with E-state index in [2.05, 4.69) is 19.9 Å². The SMILES string of the molecule is Cc1nc(-c2cccnc2)sc1-c1ccnc(CO)n1. The number of pyridine rings is 1. The van der Waals surface area contributed by atoms with Gasteiger partial charge in [0.15, 0.2) is 5.82 Å². The van der Waals surface area contributed by atoms with Crippen molar-refractivity contribution in [3.8, 4) is 21.1 Å². The molecule has 0 spiro atoms. The molecule has 0 saturated heterocycles. The summed E-state index contributed by atoms with van der Waals surface area (Å²) in [6, 6.07) is 5.70. The summed E-state index contributed by atoms with van der Waals surface area (Å²) in [5.74, 6) is 0.415. The number of hydrogen-bond donors (Lipinski definition) is 1. The van der Waals surface area contributed by atoms with Crippen LogP contribution in [0.15, 0.2) is 36.8 Å². The molecule has 6 heteroatoms. The lowest BCUT2D eigenvalue weighted by Gasteiger charge is -1.99. The van der Waals surface area contributed by atoms with E-state index < -0.39 is 0 Å². The molecule has 0 fully saturated rings. The van der Waals surface area contributed by atoms with E-state index in [4.69, 9.17) is 5.11 Å². The maximum Gasteiger partial charge on any atom is 0.154 e. The third kappa shape index (κ3) is 2.43. The zero-order valence-corrected chi connectivity index (χ0v) is 11.6. The largest absolute Gasteiger partial charge is 0.388 e. The number of thiazole rings is 1. The predicted octanol–water partition coefficient (Wildman–Crippen LogP) is 2.46. The average Bonchev–Trinajstić information content (AvgIpc) is 2.90. The number of aliphatic hydroxyl groups is 1. The average molecular weight is 284 g/mol. The summed E-state index contributed by atoms with van der Waals surface area (Å²) < 4.78 is 0. The van der Waals surface area contributed by atoms with E-state index in [9.17, 15) is 0 Å². The van der Waals surface area contributed by atoms with E-state index >= 15 is 0 Å². The third-order valence-corrected chi connectivity index (χ3v) is 4.01. The van der Waals surface area contributed by atoms with Crippen molar-refractivity contribution in [3.63, 3.8) is 0 Å². The van der Waals surface area contributed by atoms with Crippen molar-refractivity contribution < 1.29 is 5.11 Å². The van der Waals surface area contributed by atoms with Crippen molar-refractivity contribution in [3.05, 3.63) is 48.3 Å². The Kier molecular flexibility index (Phi) is 3.49. The summed E-state index contributed by atoms with van der Waals surface area (Å²) in [6.45, 7) is 1.79. The lowest BCUT2D eigenvalue weighted by molar-refractivity contribution is 0.271. The van der Waals surface area contributed by atoms with Gasteiger partial charge in [0.2, 0.25) is 0 Å². The molecule has 0 atom stereocenters. The molecule has 3 aromatic rings. The zero-order chi connectivity index (χ0) is 13.9. The first kappa shape index (κ1) is 12.8. The first-order chi connectivity index (χ1) is 9.78. The molecule has 0 saturated carbocycles. The molecule has 0 aromatic carbocycles. The fraction of sp³-hybridized carbons (Fsp3) is 0.143. The van der Waals surface area contributed by atoms with Crippen LogP contribution in [0, 0.1) is 6.92 Å². The second-order valence-corrected chi connectivity index (χ2v) is 5.19. The molecule has 3 rings (SSSR count). The Morgan fingerprint density at radius 2 is 2.10 bits per heavy atom. The molecular weight excluding hydrogens is 272 g/mol. The number of nitrogens with zero attached hydrogens (tertiary/aromatic N) is 4. The monoisotopic (exact) mass is 284 g/mol. The van der Waals surface area contributed by atoms with Crippen LogP contribution < -0.4 is 0 Å². The highest BCUT2D eigenvalue weighted by Crippen LogP contribution is 2.33. The smallest absolute Gasteiger partial charge is 0.154 e. The van der Waals surface area contributed by atoms with Gasteiger partial charge in [0.05, 0.1) is 16.3 Å². The number of rotatable bonds is 3. The molecule has 0 bridgehead atoms. The van der Waals surface area contributed by atoms with Gasteiger partial charge in [0, 0.05) is 24.2 Å². The van der Waals surface area contributed by atoms with Crippen molar-refractivity contribution in [2.24, 2.45) is 0 Å². The van der Waals surface area contributed by atoms with Gasteiger partial charge >= 0.3 is 0 Å². The highest BCUT2D eigenvalue weighted by Gasteiger charge is 2.13. The summed E-state index contributed by atoms with van der Waals surface area (Å²) in [5.41, 5.74) is 2.69. The van der Waals surface area contributed by atoms with E-state index in [0.29, 0.717) is 5.82 Å². The Hall–Kier alpha value is -2.18. The van der Waals surface area contributed by atoms with Gasteiger partial charge in [0.1, 0.15) is 11.6 Å². The maximum absolute atomic E-state index is 9.12. The van der Waals surface area contributed by atoms with Gasteiger partial charge < -0.3 is 5.11 Å². The number of aliphatic hydroxyl groups excluding tert-OH is 1. The van der Waals surface area contributed by atoms with Crippen LogP contribution in [0.1, 0.15) is 11.5 Å². The van der Waals surface area contributed by atoms with Crippen LogP contribution in [0.25, 0.3) is 21.1 Å². The fourth-order valence-electron chi connectivity index (χ4n) is 1.85. The van der Waals surface area contributed by atoms with Crippen LogP contribution >= 0.6 is 11.3 Å². The Labute approximate surface area is 120 Å². The van der Waals surface area contributed by atoms with Crippen LogP contribution in [0.4, 0.5) is 0 Å². The van der Waals surface area contributed by atoms with Gasteiger partial charge in [-0.2, -0.15) is 0 Å². The van der Waals surface area contributed by atoms with Crippen molar-refractivity contribution in [2.75, 3.05) is 0 Å². The zero-order valence-electron chi connectivity index (χ0n) is 10.8. The van der Waals surface area contributed by atoms with E-state index in [0.717, 1.165) is 26.8 Å². The van der Waals surface area contributed by atoms with Crippen LogP contribution in [-0.2, 0) is 6.61 Å². The molecule has 100 valence electrons. The number of hydrogen-bond acceptors (Lipinski definition) is 6. The molecule has 3 aromatic heterocycles. The second-order valence-electron chi connectivity index (χ2n) is 4.19. The Morgan fingerprint density at radius 1 is 1.20 bits per heavy atom. The minimum absolute atomic E-state index is 0.166. The Morgan fingerprint density at radius 3 is 2.85 bits per heavy atom. The molecule has 0 aliphatic rings. The highest BCUT2D eigenvalue weighted by molar-refractivity contribution is 7.18. The molecule has 0 radical (unpaired) electrons. The molecule has 20 heavy (non-hydrogen) atoms. The Balaban J connectivity index is 2.05. The molecular formula is C14H12N4OS. The van der Waals surface area contributed by atoms with E-state index in [1.807, 2.05) is 25.1 Å². The van der Waals surface area contributed by atoms with Crippen molar-refractivity contribution in [1.82, 2.24) is 19.9 Å². The predicted molar refractivity (Wildman–Crippen MR) is 77.0 cm³/mol. The topological polar surface area (TPSA) is 71.8 Å². The van der Waals surface area contributed by atoms with Crippen molar-refractivity contribution in [2.45, 2.75) is 13.5 Å². The summed E-state index contributed by atoms with van der Waals surface area (Å²) in [5, 5.41) is 10.0. The molecule has 1 N–H and O–H groups in total. The minimum Gasteiger partial charge on any atom is -0.388 e. The lowest BCUT2D eigenvalue weighted by atomic mass is 10.3. The molecule has 0 amide bonds.